The summed E-state index contributed by atoms with van der Waals surface area (Å²) in [5.41, 5.74) is 0.110. The van der Waals surface area contributed by atoms with Crippen LogP contribution in [0.3, 0.4) is 0 Å². The van der Waals surface area contributed by atoms with Crippen molar-refractivity contribution >= 4 is 23.7 Å². The van der Waals surface area contributed by atoms with E-state index in [1.54, 1.807) is 26.1 Å². The number of carbonyl (C=O) groups is 3. The number of likely N-dealkylation sites (N-methyl/N-ethyl adjacent to an activating group) is 1. The Morgan fingerprint density at radius 2 is 2.00 bits per heavy atom. The molecule has 1 N–H and O–H groups in total. The minimum Gasteiger partial charge on any atom is -1.00 e. The lowest BCUT2D eigenvalue weighted by molar-refractivity contribution is -0.753. The maximum atomic E-state index is 13.8. The molecule has 2 heterocycles. The Bertz CT molecular complexity index is 1260. The average Bonchev–Trinajstić information content (AvgIpc) is 3.32. The van der Waals surface area contributed by atoms with Crippen LogP contribution in [0, 0.1) is 11.6 Å². The second-order valence-electron chi connectivity index (χ2n) is 7.66. The maximum Gasteiger partial charge on any atom is 0.418 e. The minimum absolute atomic E-state index is 0. The van der Waals surface area contributed by atoms with Gasteiger partial charge in [0.2, 0.25) is 18.3 Å². The number of anilines is 1. The Labute approximate surface area is 217 Å². The topological polar surface area (TPSA) is 120 Å². The number of hydrogen-bond acceptors (Lipinski definition) is 8. The molecule has 1 amide bonds. The zero-order valence-corrected chi connectivity index (χ0v) is 21.0. The molecule has 198 valence electrons. The standard InChI is InChI=1S/C23H25F2N6O5.ClH/c1-15(30-13-28-31(14-30)11-20(32)18-9-17(24)6-7-19(18)25)36-23(34)29(3)22-16(5-4-8-27-22)12-35-21(33)10-26-2;/h4-9,13-15,26H,10-12H2,1-3H3;1H/q+1;/p-1. The number of ether oxygens (including phenoxy) is 2. The lowest BCUT2D eigenvalue weighted by atomic mass is 10.1. The quantitative estimate of drug-likeness (QED) is 0.194. The van der Waals surface area contributed by atoms with Crippen LogP contribution >= 0.6 is 0 Å². The average molecular weight is 539 g/mol. The Morgan fingerprint density at radius 1 is 1.24 bits per heavy atom. The summed E-state index contributed by atoms with van der Waals surface area (Å²) >= 11 is 0. The van der Waals surface area contributed by atoms with Crippen molar-refractivity contribution in [3.63, 3.8) is 0 Å². The van der Waals surface area contributed by atoms with E-state index in [-0.39, 0.29) is 43.5 Å². The number of hydrogen-bond donors (Lipinski definition) is 1. The summed E-state index contributed by atoms with van der Waals surface area (Å²) in [7, 11) is 3.07. The fraction of sp³-hybridized carbons (Fsp3) is 0.304. The molecule has 0 radical (unpaired) electrons. The molecule has 0 saturated heterocycles. The normalized spacial score (nSPS) is 11.3. The number of aromatic nitrogens is 4. The van der Waals surface area contributed by atoms with E-state index in [1.165, 1.54) is 40.0 Å². The van der Waals surface area contributed by atoms with E-state index in [4.69, 9.17) is 9.47 Å². The summed E-state index contributed by atoms with van der Waals surface area (Å²) in [5, 5.41) is 6.69. The van der Waals surface area contributed by atoms with Crippen LogP contribution < -0.4 is 27.2 Å². The van der Waals surface area contributed by atoms with Gasteiger partial charge in [-0.2, -0.15) is 4.57 Å². The Kier molecular flexibility index (Phi) is 10.6. The third kappa shape index (κ3) is 7.75. The molecule has 0 fully saturated rings. The van der Waals surface area contributed by atoms with Gasteiger partial charge in [0, 0.05) is 30.8 Å². The molecule has 1 atom stereocenters. The van der Waals surface area contributed by atoms with E-state index in [9.17, 15) is 23.2 Å². The number of nitrogens with zero attached hydrogens (tertiary/aromatic N) is 5. The Hall–Kier alpha value is -3.97. The maximum absolute atomic E-state index is 13.8. The number of esters is 1. The van der Waals surface area contributed by atoms with Crippen LogP contribution in [0.1, 0.15) is 29.1 Å². The molecule has 11 nitrogen and oxygen atoms in total. The molecule has 0 aliphatic heterocycles. The highest BCUT2D eigenvalue weighted by atomic mass is 35.5. The lowest BCUT2D eigenvalue weighted by Crippen LogP contribution is -3.00. The van der Waals surface area contributed by atoms with Crippen molar-refractivity contribution in [2.75, 3.05) is 25.5 Å². The highest BCUT2D eigenvalue weighted by molar-refractivity contribution is 5.96. The first kappa shape index (κ1) is 29.3. The third-order valence-corrected chi connectivity index (χ3v) is 4.99. The number of ketones is 1. The molecule has 1 aromatic carbocycles. The van der Waals surface area contributed by atoms with Crippen LogP contribution in [0.15, 0.2) is 49.2 Å². The first-order valence-corrected chi connectivity index (χ1v) is 10.8. The second kappa shape index (κ2) is 13.4. The number of nitrogens with one attached hydrogen (secondary N) is 1. The smallest absolute Gasteiger partial charge is 0.418 e. The van der Waals surface area contributed by atoms with Gasteiger partial charge in [0.25, 0.3) is 6.33 Å². The third-order valence-electron chi connectivity index (χ3n) is 4.99. The Balaban J connectivity index is 0.00000481. The van der Waals surface area contributed by atoms with E-state index < -0.39 is 35.7 Å². The molecule has 3 aromatic rings. The number of pyridine rings is 1. The van der Waals surface area contributed by atoms with Gasteiger partial charge in [0.1, 0.15) is 24.1 Å². The fourth-order valence-electron chi connectivity index (χ4n) is 3.12. The zero-order chi connectivity index (χ0) is 26.2. The van der Waals surface area contributed by atoms with E-state index in [2.05, 4.69) is 15.4 Å². The van der Waals surface area contributed by atoms with Gasteiger partial charge in [-0.3, -0.25) is 14.5 Å². The molecule has 0 spiro atoms. The van der Waals surface area contributed by atoms with E-state index in [0.29, 0.717) is 5.56 Å². The molecular formula is C23H25ClF2N6O5. The van der Waals surface area contributed by atoms with Gasteiger partial charge in [-0.25, -0.2) is 18.6 Å². The predicted octanol–water partition coefficient (Wildman–Crippen LogP) is -1.22. The molecule has 37 heavy (non-hydrogen) atoms. The SMILES string of the molecule is CNCC(=O)OCc1cccnc1N(C)C(=O)OC(C)[n+]1cnn(CC(=O)c2cc(F)ccc2F)c1.[Cl-]. The zero-order valence-electron chi connectivity index (χ0n) is 20.2. The van der Waals surface area contributed by atoms with Crippen LogP contribution in [0.4, 0.5) is 19.4 Å². The van der Waals surface area contributed by atoms with Gasteiger partial charge >= 0.3 is 12.1 Å². The summed E-state index contributed by atoms with van der Waals surface area (Å²) in [6.07, 6.45) is 2.61. The van der Waals surface area contributed by atoms with E-state index in [1.807, 2.05) is 0 Å². The van der Waals surface area contributed by atoms with Crippen molar-refractivity contribution in [3.8, 4) is 0 Å². The first-order valence-electron chi connectivity index (χ1n) is 10.8. The largest absolute Gasteiger partial charge is 1.00 e. The molecule has 0 aliphatic carbocycles. The van der Waals surface area contributed by atoms with Gasteiger partial charge in [0.05, 0.1) is 12.1 Å². The van der Waals surface area contributed by atoms with Crippen molar-refractivity contribution in [3.05, 3.63) is 71.9 Å². The number of amides is 1. The van der Waals surface area contributed by atoms with Crippen LogP contribution in [0.5, 0.6) is 0 Å². The second-order valence-corrected chi connectivity index (χ2v) is 7.66. The van der Waals surface area contributed by atoms with Crippen LogP contribution in [0.25, 0.3) is 0 Å². The predicted molar refractivity (Wildman–Crippen MR) is 121 cm³/mol. The molecule has 0 bridgehead atoms. The van der Waals surface area contributed by atoms with Gasteiger partial charge in [-0.1, -0.05) is 6.07 Å². The van der Waals surface area contributed by atoms with Crippen molar-refractivity contribution in [1.82, 2.24) is 20.1 Å². The van der Waals surface area contributed by atoms with Crippen molar-refractivity contribution < 1.29 is 49.6 Å². The number of carbonyl (C=O) groups excluding carboxylic acids is 3. The summed E-state index contributed by atoms with van der Waals surface area (Å²) in [5.74, 6) is -2.46. The summed E-state index contributed by atoms with van der Waals surface area (Å²) in [4.78, 5) is 42.1. The van der Waals surface area contributed by atoms with Gasteiger partial charge < -0.3 is 27.2 Å². The molecule has 3 rings (SSSR count). The molecular weight excluding hydrogens is 514 g/mol. The number of Topliss-reactive ketones (excluding diaryl/α,β-unsaturated/α-hetero) is 1. The summed E-state index contributed by atoms with van der Waals surface area (Å²) < 4.78 is 40.5. The van der Waals surface area contributed by atoms with Crippen LogP contribution in [-0.4, -0.2) is 53.3 Å². The van der Waals surface area contributed by atoms with E-state index in [0.717, 1.165) is 18.2 Å². The molecule has 14 heteroatoms. The highest BCUT2D eigenvalue weighted by Crippen LogP contribution is 2.19. The number of benzene rings is 1. The van der Waals surface area contributed by atoms with Crippen LogP contribution in [-0.2, 0) is 27.4 Å². The van der Waals surface area contributed by atoms with Crippen molar-refractivity contribution in [2.24, 2.45) is 0 Å². The van der Waals surface area contributed by atoms with Gasteiger partial charge in [0.15, 0.2) is 6.54 Å². The minimum atomic E-state index is -0.838. The first-order chi connectivity index (χ1) is 17.2. The highest BCUT2D eigenvalue weighted by Gasteiger charge is 2.24. The van der Waals surface area contributed by atoms with Gasteiger partial charge in [-0.15, -0.1) is 4.68 Å². The van der Waals surface area contributed by atoms with Crippen molar-refractivity contribution in [2.45, 2.75) is 26.3 Å². The molecule has 2 aromatic heterocycles. The number of rotatable bonds is 10. The number of halogens is 3. The summed E-state index contributed by atoms with van der Waals surface area (Å²) in [6, 6.07) is 5.94. The molecule has 0 saturated carbocycles. The van der Waals surface area contributed by atoms with E-state index >= 15 is 0 Å². The summed E-state index contributed by atoms with van der Waals surface area (Å²) in [6.45, 7) is 1.18. The monoisotopic (exact) mass is 538 g/mol. The van der Waals surface area contributed by atoms with Gasteiger partial charge in [-0.05, 0) is 31.3 Å². The Morgan fingerprint density at radius 3 is 2.73 bits per heavy atom. The fourth-order valence-corrected chi connectivity index (χ4v) is 3.12. The molecule has 1 unspecified atom stereocenters. The van der Waals surface area contributed by atoms with Crippen molar-refractivity contribution in [1.29, 1.82) is 0 Å². The molecule has 0 aliphatic rings. The van der Waals surface area contributed by atoms with Crippen LogP contribution in [0.2, 0.25) is 0 Å². The lowest BCUT2D eigenvalue weighted by Gasteiger charge is -2.20.